The molecule has 0 unspecified atom stereocenters. The van der Waals surface area contributed by atoms with Crippen molar-refractivity contribution in [2.45, 2.75) is 0 Å². The molecule has 24 heavy (non-hydrogen) atoms. The summed E-state index contributed by atoms with van der Waals surface area (Å²) in [6.07, 6.45) is 0.726. The Morgan fingerprint density at radius 1 is 0.875 bits per heavy atom. The van der Waals surface area contributed by atoms with Crippen molar-refractivity contribution in [3.05, 3.63) is 58.1 Å². The van der Waals surface area contributed by atoms with Crippen LogP contribution in [0.25, 0.3) is 32.7 Å². The number of halogens is 2. The predicted molar refractivity (Wildman–Crippen MR) is 96.8 cm³/mol. The van der Waals surface area contributed by atoms with Crippen molar-refractivity contribution in [3.63, 3.8) is 0 Å². The molecule has 0 aliphatic rings. The second-order valence-corrected chi connectivity index (χ2v) is 6.36. The van der Waals surface area contributed by atoms with Gasteiger partial charge in [-0.1, -0.05) is 41.4 Å². The standard InChI is InChI=1S/C19H10Cl2O3/c20-13-4-2-1-3-12(13)16-14-10-5-9(8-22)6-11(7-10)15(18(14)23)19(24)17(16)21/h1-8,23-24H. The quantitative estimate of drug-likeness (QED) is 0.457. The maximum Gasteiger partial charge on any atom is 0.150 e. The van der Waals surface area contributed by atoms with E-state index in [-0.39, 0.29) is 21.9 Å². The minimum absolute atomic E-state index is 0.0724. The number of fused-ring (bicyclic) bond motifs is 6. The summed E-state index contributed by atoms with van der Waals surface area (Å²) in [5.74, 6) is -0.307. The Balaban J connectivity index is 2.29. The van der Waals surface area contributed by atoms with Gasteiger partial charge in [0.25, 0.3) is 0 Å². The molecule has 0 saturated heterocycles. The van der Waals surface area contributed by atoms with Gasteiger partial charge >= 0.3 is 0 Å². The van der Waals surface area contributed by atoms with Gasteiger partial charge in [-0.25, -0.2) is 0 Å². The van der Waals surface area contributed by atoms with Gasteiger partial charge in [0, 0.05) is 27.1 Å². The summed E-state index contributed by atoms with van der Waals surface area (Å²) in [5, 5.41) is 23.7. The molecule has 0 radical (unpaired) electrons. The van der Waals surface area contributed by atoms with Gasteiger partial charge in [-0.15, -0.1) is 0 Å². The van der Waals surface area contributed by atoms with Crippen LogP contribution in [0.1, 0.15) is 10.4 Å². The maximum absolute atomic E-state index is 11.2. The molecule has 0 aromatic heterocycles. The molecule has 0 spiro atoms. The molecule has 4 aromatic rings. The van der Waals surface area contributed by atoms with Crippen LogP contribution in [0.3, 0.4) is 0 Å². The molecular formula is C19H10Cl2O3. The highest BCUT2D eigenvalue weighted by molar-refractivity contribution is 6.41. The van der Waals surface area contributed by atoms with Gasteiger partial charge < -0.3 is 10.2 Å². The van der Waals surface area contributed by atoms with E-state index in [0.717, 1.165) is 6.29 Å². The van der Waals surface area contributed by atoms with Crippen molar-refractivity contribution >= 4 is 51.0 Å². The normalized spacial score (nSPS) is 11.4. The molecule has 5 heteroatoms. The molecule has 0 aliphatic carbocycles. The number of rotatable bonds is 2. The minimum atomic E-state index is -0.235. The van der Waals surface area contributed by atoms with Gasteiger partial charge in [0.2, 0.25) is 0 Å². The third-order valence-electron chi connectivity index (χ3n) is 4.20. The summed E-state index contributed by atoms with van der Waals surface area (Å²) in [7, 11) is 0. The number of hydrogen-bond acceptors (Lipinski definition) is 3. The molecular weight excluding hydrogens is 347 g/mol. The first-order valence-corrected chi connectivity index (χ1v) is 7.91. The average Bonchev–Trinajstić information content (AvgIpc) is 2.57. The summed E-state index contributed by atoms with van der Waals surface area (Å²) in [4.78, 5) is 11.2. The highest BCUT2D eigenvalue weighted by atomic mass is 35.5. The molecule has 0 atom stereocenters. The van der Waals surface area contributed by atoms with Crippen molar-refractivity contribution in [1.82, 2.24) is 0 Å². The first-order valence-electron chi connectivity index (χ1n) is 7.16. The molecule has 0 fully saturated rings. The third-order valence-corrected chi connectivity index (χ3v) is 4.90. The van der Waals surface area contributed by atoms with Crippen LogP contribution in [0.2, 0.25) is 10.0 Å². The number of hydrogen-bond donors (Lipinski definition) is 2. The van der Waals surface area contributed by atoms with Crippen LogP contribution >= 0.6 is 23.2 Å². The highest BCUT2D eigenvalue weighted by Gasteiger charge is 2.24. The lowest BCUT2D eigenvalue weighted by Gasteiger charge is -2.18. The Morgan fingerprint density at radius 2 is 1.54 bits per heavy atom. The number of phenols is 3. The molecule has 3 nitrogen and oxygen atoms in total. The largest absolute Gasteiger partial charge is 0.506 e. The molecule has 2 N–H and O–H groups in total. The van der Waals surface area contributed by atoms with E-state index in [0.29, 0.717) is 37.9 Å². The molecule has 0 saturated carbocycles. The zero-order chi connectivity index (χ0) is 17.0. The van der Waals surface area contributed by atoms with Crippen LogP contribution in [0.5, 0.6) is 11.5 Å². The van der Waals surface area contributed by atoms with Crippen molar-refractivity contribution in [2.75, 3.05) is 0 Å². The number of aldehydes is 1. The number of phenolic OH excluding ortho intramolecular Hbond substituents is 2. The molecule has 118 valence electrons. The van der Waals surface area contributed by atoms with Crippen LogP contribution in [0.15, 0.2) is 42.5 Å². The van der Waals surface area contributed by atoms with Crippen LogP contribution < -0.4 is 0 Å². The number of carbonyl (C=O) groups excluding carboxylic acids is 1. The minimum Gasteiger partial charge on any atom is -0.506 e. The van der Waals surface area contributed by atoms with Crippen LogP contribution in [0, 0.1) is 0 Å². The molecule has 4 aromatic carbocycles. The molecule has 0 heterocycles. The van der Waals surface area contributed by atoms with Crippen LogP contribution in [-0.2, 0) is 0 Å². The molecule has 4 bridgehead atoms. The van der Waals surface area contributed by atoms with Crippen molar-refractivity contribution in [3.8, 4) is 22.6 Å². The Labute approximate surface area is 147 Å². The topological polar surface area (TPSA) is 57.5 Å². The molecule has 4 rings (SSSR count). The van der Waals surface area contributed by atoms with E-state index in [4.69, 9.17) is 23.2 Å². The summed E-state index contributed by atoms with van der Waals surface area (Å²) < 4.78 is 0. The zero-order valence-electron chi connectivity index (χ0n) is 12.2. The van der Waals surface area contributed by atoms with E-state index in [1.807, 2.05) is 0 Å². The van der Waals surface area contributed by atoms with E-state index < -0.39 is 0 Å². The van der Waals surface area contributed by atoms with Crippen molar-refractivity contribution in [2.24, 2.45) is 0 Å². The number of carbonyl (C=O) groups is 1. The smallest absolute Gasteiger partial charge is 0.150 e. The lowest BCUT2D eigenvalue weighted by Crippen LogP contribution is -1.92. The maximum atomic E-state index is 11.2. The summed E-state index contributed by atoms with van der Waals surface area (Å²) in [5.41, 5.74) is 1.49. The lowest BCUT2D eigenvalue weighted by molar-refractivity contribution is 0.112. The second kappa shape index (κ2) is 5.26. The van der Waals surface area contributed by atoms with Crippen molar-refractivity contribution in [1.29, 1.82) is 0 Å². The van der Waals surface area contributed by atoms with E-state index in [9.17, 15) is 15.0 Å². The van der Waals surface area contributed by atoms with Gasteiger partial charge in [0.15, 0.2) is 0 Å². The fourth-order valence-corrected chi connectivity index (χ4v) is 3.69. The molecule has 0 amide bonds. The monoisotopic (exact) mass is 356 g/mol. The Hall–Kier alpha value is -2.49. The first-order chi connectivity index (χ1) is 11.5. The average molecular weight is 357 g/mol. The Morgan fingerprint density at radius 3 is 2.21 bits per heavy atom. The SMILES string of the molecule is O=Cc1cc2cc(c1)c1c(-c3ccccc3Cl)c(Cl)c(O)c2c1O. The lowest BCUT2D eigenvalue weighted by atomic mass is 9.90. The van der Waals surface area contributed by atoms with Crippen molar-refractivity contribution < 1.29 is 15.0 Å². The van der Waals surface area contributed by atoms with Gasteiger partial charge in [0.1, 0.15) is 17.8 Å². The van der Waals surface area contributed by atoms with E-state index in [2.05, 4.69) is 0 Å². The summed E-state index contributed by atoms with van der Waals surface area (Å²) >= 11 is 12.7. The van der Waals surface area contributed by atoms with Crippen LogP contribution in [0.4, 0.5) is 0 Å². The summed E-state index contributed by atoms with van der Waals surface area (Å²) in [6.45, 7) is 0. The van der Waals surface area contributed by atoms with Gasteiger partial charge in [0.05, 0.1) is 10.4 Å². The van der Waals surface area contributed by atoms with Gasteiger partial charge in [-0.3, -0.25) is 4.79 Å². The predicted octanol–water partition coefficient (Wildman–Crippen LogP) is 5.63. The number of benzene rings is 4. The van der Waals surface area contributed by atoms with E-state index in [1.165, 1.54) is 0 Å². The van der Waals surface area contributed by atoms with Crippen LogP contribution in [-0.4, -0.2) is 16.5 Å². The fraction of sp³-hybridized carbons (Fsp3) is 0. The van der Waals surface area contributed by atoms with Gasteiger partial charge in [-0.05, 0) is 35.0 Å². The zero-order valence-corrected chi connectivity index (χ0v) is 13.7. The van der Waals surface area contributed by atoms with Gasteiger partial charge in [-0.2, -0.15) is 0 Å². The third kappa shape index (κ3) is 1.95. The van der Waals surface area contributed by atoms with E-state index in [1.54, 1.807) is 42.5 Å². The molecule has 0 aliphatic heterocycles. The highest BCUT2D eigenvalue weighted by Crippen LogP contribution is 2.52. The Bertz CT molecular complexity index is 1120. The second-order valence-electron chi connectivity index (χ2n) is 5.58. The van der Waals surface area contributed by atoms with E-state index >= 15 is 0 Å². The summed E-state index contributed by atoms with van der Waals surface area (Å²) in [6, 6.07) is 12.1. The first kappa shape index (κ1) is 15.1. The fourth-order valence-electron chi connectivity index (χ4n) is 3.17. The number of aromatic hydroxyl groups is 2. The Kier molecular flexibility index (Phi) is 3.30.